The van der Waals surface area contributed by atoms with Crippen molar-refractivity contribution in [1.82, 2.24) is 0 Å². The lowest BCUT2D eigenvalue weighted by Crippen LogP contribution is -2.49. The zero-order valence-electron chi connectivity index (χ0n) is 13.6. The Balaban J connectivity index is 1.68. The number of allylic oxidation sites excluding steroid dienone is 4. The zero-order valence-corrected chi connectivity index (χ0v) is 15.8. The second-order valence-electron chi connectivity index (χ2n) is 8.34. The molecule has 0 bridgehead atoms. The predicted molar refractivity (Wildman–Crippen MR) is 98.4 cm³/mol. The van der Waals surface area contributed by atoms with E-state index in [-0.39, 0.29) is 0 Å². The molecule has 0 amide bonds. The third-order valence-corrected chi connectivity index (χ3v) is 9.26. The van der Waals surface area contributed by atoms with E-state index >= 15 is 0 Å². The standard InChI is InChI=1S/C19H26INO/c1-18-9-7-13(21-22)11-12(18)3-4-14-15-5-6-17(20)19(15,2)10-8-16(14)18/h6,11,14-16,22H,3-5,7-10H2,1-2H3/b21-13+/t14-,15-,16-,18-,19-/m0/s1. The Labute approximate surface area is 147 Å². The second kappa shape index (κ2) is 5.09. The van der Waals surface area contributed by atoms with Gasteiger partial charge < -0.3 is 5.21 Å². The van der Waals surface area contributed by atoms with Gasteiger partial charge in [-0.25, -0.2) is 0 Å². The van der Waals surface area contributed by atoms with Crippen LogP contribution in [0.5, 0.6) is 0 Å². The summed E-state index contributed by atoms with van der Waals surface area (Å²) in [7, 11) is 0. The van der Waals surface area contributed by atoms with Gasteiger partial charge in [-0.1, -0.05) is 30.7 Å². The summed E-state index contributed by atoms with van der Waals surface area (Å²) in [5.41, 5.74) is 3.28. The van der Waals surface area contributed by atoms with Crippen LogP contribution < -0.4 is 0 Å². The van der Waals surface area contributed by atoms with Crippen LogP contribution in [0.4, 0.5) is 0 Å². The maximum absolute atomic E-state index is 9.12. The van der Waals surface area contributed by atoms with Gasteiger partial charge in [-0.15, -0.1) is 0 Å². The fourth-order valence-electron chi connectivity index (χ4n) is 6.16. The van der Waals surface area contributed by atoms with Crippen molar-refractivity contribution in [1.29, 1.82) is 0 Å². The van der Waals surface area contributed by atoms with Gasteiger partial charge >= 0.3 is 0 Å². The van der Waals surface area contributed by atoms with E-state index in [4.69, 9.17) is 5.21 Å². The topological polar surface area (TPSA) is 32.6 Å². The summed E-state index contributed by atoms with van der Waals surface area (Å²) < 4.78 is 1.62. The van der Waals surface area contributed by atoms with Crippen molar-refractivity contribution < 1.29 is 5.21 Å². The lowest BCUT2D eigenvalue weighted by Gasteiger charge is -2.57. The lowest BCUT2D eigenvalue weighted by atomic mass is 9.47. The molecule has 0 heterocycles. The van der Waals surface area contributed by atoms with Crippen LogP contribution in [0.3, 0.4) is 0 Å². The molecule has 4 aliphatic rings. The van der Waals surface area contributed by atoms with Crippen LogP contribution in [-0.4, -0.2) is 10.9 Å². The lowest BCUT2D eigenvalue weighted by molar-refractivity contribution is -0.0227. The minimum atomic E-state index is 0.354. The molecule has 2 saturated carbocycles. The molecular weight excluding hydrogens is 385 g/mol. The van der Waals surface area contributed by atoms with Crippen LogP contribution in [0.2, 0.25) is 0 Å². The normalized spacial score (nSPS) is 49.0. The Morgan fingerprint density at radius 3 is 2.73 bits per heavy atom. The van der Waals surface area contributed by atoms with Gasteiger partial charge in [0.05, 0.1) is 5.71 Å². The smallest absolute Gasteiger partial charge is 0.0795 e. The maximum Gasteiger partial charge on any atom is 0.0795 e. The highest BCUT2D eigenvalue weighted by atomic mass is 127. The minimum Gasteiger partial charge on any atom is -0.411 e. The molecule has 5 atom stereocenters. The van der Waals surface area contributed by atoms with Crippen LogP contribution in [0.15, 0.2) is 26.5 Å². The summed E-state index contributed by atoms with van der Waals surface area (Å²) in [6.45, 7) is 5.02. The highest BCUT2D eigenvalue weighted by Crippen LogP contribution is 2.66. The average Bonchev–Trinajstić information content (AvgIpc) is 2.82. The number of nitrogens with zero attached hydrogens (tertiary/aromatic N) is 1. The van der Waals surface area contributed by atoms with Crippen LogP contribution in [0.25, 0.3) is 0 Å². The van der Waals surface area contributed by atoms with Crippen LogP contribution >= 0.6 is 22.6 Å². The van der Waals surface area contributed by atoms with Crippen LogP contribution in [0, 0.1) is 28.6 Å². The Kier molecular flexibility index (Phi) is 3.52. The summed E-state index contributed by atoms with van der Waals surface area (Å²) in [5, 5.41) is 12.6. The van der Waals surface area contributed by atoms with E-state index in [1.807, 2.05) is 0 Å². The van der Waals surface area contributed by atoms with Crippen LogP contribution in [-0.2, 0) is 0 Å². The fourth-order valence-corrected chi connectivity index (χ4v) is 7.09. The van der Waals surface area contributed by atoms with E-state index in [2.05, 4.69) is 53.7 Å². The number of hydrogen-bond acceptors (Lipinski definition) is 2. The molecule has 2 fully saturated rings. The van der Waals surface area contributed by atoms with Crippen molar-refractivity contribution in [2.75, 3.05) is 0 Å². The minimum absolute atomic E-state index is 0.354. The van der Waals surface area contributed by atoms with Gasteiger partial charge in [0, 0.05) is 5.41 Å². The molecule has 0 aliphatic heterocycles. The van der Waals surface area contributed by atoms with E-state index in [1.165, 1.54) is 38.5 Å². The average molecular weight is 411 g/mol. The molecule has 0 radical (unpaired) electrons. The molecular formula is C19H26INO. The molecule has 0 saturated heterocycles. The fraction of sp³-hybridized carbons (Fsp3) is 0.737. The van der Waals surface area contributed by atoms with Crippen molar-refractivity contribution in [2.45, 2.75) is 58.8 Å². The first-order chi connectivity index (χ1) is 10.5. The molecule has 0 aromatic carbocycles. The highest BCUT2D eigenvalue weighted by molar-refractivity contribution is 14.1. The van der Waals surface area contributed by atoms with E-state index in [0.717, 1.165) is 29.9 Å². The first-order valence-electron chi connectivity index (χ1n) is 8.77. The Bertz CT molecular complexity index is 592. The quantitative estimate of drug-likeness (QED) is 0.309. The highest BCUT2D eigenvalue weighted by Gasteiger charge is 2.56. The largest absolute Gasteiger partial charge is 0.411 e. The molecule has 4 rings (SSSR count). The van der Waals surface area contributed by atoms with Crippen molar-refractivity contribution in [3.63, 3.8) is 0 Å². The van der Waals surface area contributed by atoms with Gasteiger partial charge in [0.15, 0.2) is 0 Å². The van der Waals surface area contributed by atoms with E-state index in [0.29, 0.717) is 10.8 Å². The van der Waals surface area contributed by atoms with Gasteiger partial charge in [0.25, 0.3) is 0 Å². The summed E-state index contributed by atoms with van der Waals surface area (Å²) in [6, 6.07) is 0. The van der Waals surface area contributed by atoms with Crippen molar-refractivity contribution in [2.24, 2.45) is 33.7 Å². The number of hydrogen-bond donors (Lipinski definition) is 1. The van der Waals surface area contributed by atoms with Crippen molar-refractivity contribution in [3.05, 3.63) is 21.3 Å². The van der Waals surface area contributed by atoms with E-state index in [9.17, 15) is 0 Å². The van der Waals surface area contributed by atoms with E-state index in [1.54, 1.807) is 9.15 Å². The number of halogens is 1. The maximum atomic E-state index is 9.12. The molecule has 0 unspecified atom stereocenters. The Morgan fingerprint density at radius 2 is 1.95 bits per heavy atom. The molecule has 0 aromatic rings. The van der Waals surface area contributed by atoms with Crippen molar-refractivity contribution >= 4 is 28.3 Å². The number of oxime groups is 1. The summed E-state index contributed by atoms with van der Waals surface area (Å²) in [5.74, 6) is 2.59. The molecule has 22 heavy (non-hydrogen) atoms. The first kappa shape index (κ1) is 15.2. The molecule has 0 spiro atoms. The first-order valence-corrected chi connectivity index (χ1v) is 9.85. The van der Waals surface area contributed by atoms with Crippen LogP contribution in [0.1, 0.15) is 58.8 Å². The monoisotopic (exact) mass is 411 g/mol. The Hall–Kier alpha value is -0.320. The van der Waals surface area contributed by atoms with Gasteiger partial charge in [0.1, 0.15) is 0 Å². The second-order valence-corrected chi connectivity index (χ2v) is 9.50. The molecule has 1 N–H and O–H groups in total. The van der Waals surface area contributed by atoms with Gasteiger partial charge in [0.2, 0.25) is 0 Å². The molecule has 4 aliphatic carbocycles. The summed E-state index contributed by atoms with van der Waals surface area (Å²) >= 11 is 2.60. The third kappa shape index (κ3) is 1.93. The number of rotatable bonds is 0. The third-order valence-electron chi connectivity index (χ3n) is 7.59. The molecule has 3 heteroatoms. The van der Waals surface area contributed by atoms with Gasteiger partial charge in [-0.2, -0.15) is 0 Å². The SMILES string of the molecule is C[C@]12CC/C(=N\O)C=C1CC[C@@H]1[C@@H]2CC[C@]2(C)C(I)=CC[C@@H]12. The zero-order chi connectivity index (χ0) is 15.5. The Morgan fingerprint density at radius 1 is 1.14 bits per heavy atom. The predicted octanol–water partition coefficient (Wildman–Crippen LogP) is 5.71. The summed E-state index contributed by atoms with van der Waals surface area (Å²) in [6.07, 6.45) is 13.4. The van der Waals surface area contributed by atoms with Crippen molar-refractivity contribution in [3.8, 4) is 0 Å². The van der Waals surface area contributed by atoms with Gasteiger partial charge in [-0.3, -0.25) is 0 Å². The van der Waals surface area contributed by atoms with E-state index < -0.39 is 0 Å². The molecule has 2 nitrogen and oxygen atoms in total. The summed E-state index contributed by atoms with van der Waals surface area (Å²) in [4.78, 5) is 0. The van der Waals surface area contributed by atoms with Gasteiger partial charge in [-0.05, 0) is 100 Å². The number of fused-ring (bicyclic) bond motifs is 5. The molecule has 120 valence electrons. The molecule has 0 aromatic heterocycles.